The van der Waals surface area contributed by atoms with Crippen LogP contribution in [0.25, 0.3) is 5.69 Å². The maximum Gasteiger partial charge on any atom is 0.340 e. The van der Waals surface area contributed by atoms with Crippen molar-refractivity contribution in [2.24, 2.45) is 0 Å². The van der Waals surface area contributed by atoms with E-state index in [1.54, 1.807) is 0 Å². The number of nitrogens with zero attached hydrogens (tertiary/aromatic N) is 4. The highest BCUT2D eigenvalue weighted by molar-refractivity contribution is 5.85. The number of tetrazole rings is 1. The fourth-order valence-electron chi connectivity index (χ4n) is 3.40. The highest BCUT2D eigenvalue weighted by Crippen LogP contribution is 2.21. The maximum absolute atomic E-state index is 10.3. The second kappa shape index (κ2) is 9.64. The van der Waals surface area contributed by atoms with Crippen molar-refractivity contribution in [2.75, 3.05) is 13.2 Å². The van der Waals surface area contributed by atoms with E-state index >= 15 is 0 Å². The monoisotopic (exact) mass is 401 g/mol. The number of hydrogen-bond donors (Lipinski definition) is 2. The van der Waals surface area contributed by atoms with E-state index in [-0.39, 0.29) is 25.0 Å². The maximum atomic E-state index is 10.3. The lowest BCUT2D eigenvalue weighted by Gasteiger charge is -2.26. The average molecular weight is 402 g/mol. The van der Waals surface area contributed by atoms with Crippen molar-refractivity contribution in [1.29, 1.82) is 0 Å². The molecule has 1 aliphatic carbocycles. The Kier molecular flexibility index (Phi) is 6.97. The van der Waals surface area contributed by atoms with Gasteiger partial charge in [-0.05, 0) is 52.9 Å². The predicted octanol–water partition coefficient (Wildman–Crippen LogP) is 1.97. The van der Waals surface area contributed by atoms with Crippen molar-refractivity contribution in [2.45, 2.75) is 31.4 Å². The first-order chi connectivity index (χ1) is 13.3. The Labute approximate surface area is 170 Å². The average Bonchev–Trinajstić information content (AvgIpc) is 3.20. The number of para-hydroxylation sites is 1. The first kappa shape index (κ1) is 20.3. The Morgan fingerprint density at radius 1 is 1.11 bits per heavy atom. The van der Waals surface area contributed by atoms with Crippen molar-refractivity contribution in [3.63, 3.8) is 0 Å². The van der Waals surface area contributed by atoms with Gasteiger partial charge in [-0.25, -0.2) is 0 Å². The summed E-state index contributed by atoms with van der Waals surface area (Å²) >= 11 is 0. The third-order valence-electron chi connectivity index (χ3n) is 4.84. The lowest BCUT2D eigenvalue weighted by molar-refractivity contribution is 0.0963. The summed E-state index contributed by atoms with van der Waals surface area (Å²) < 4.78 is 7.14. The number of aromatic nitrogens is 4. The van der Waals surface area contributed by atoms with Gasteiger partial charge in [0, 0.05) is 12.6 Å². The van der Waals surface area contributed by atoms with Gasteiger partial charge >= 0.3 is 6.01 Å². The quantitative estimate of drug-likeness (QED) is 0.629. The van der Waals surface area contributed by atoms with Gasteiger partial charge in [-0.15, -0.1) is 12.4 Å². The normalized spacial score (nSPS) is 16.7. The molecular weight excluding hydrogens is 378 g/mol. The molecule has 0 spiro atoms. The van der Waals surface area contributed by atoms with Crippen molar-refractivity contribution >= 4 is 12.4 Å². The lowest BCUT2D eigenvalue weighted by atomic mass is 9.88. The van der Waals surface area contributed by atoms with Gasteiger partial charge in [0.05, 0.1) is 5.69 Å². The highest BCUT2D eigenvalue weighted by atomic mass is 35.5. The number of aryl methyl sites for hydroxylation is 1. The number of aliphatic hydroxyl groups excluding tert-OH is 1. The molecule has 8 heteroatoms. The van der Waals surface area contributed by atoms with Crippen LogP contribution in [-0.4, -0.2) is 50.6 Å². The molecule has 2 N–H and O–H groups in total. The Morgan fingerprint density at radius 2 is 1.86 bits per heavy atom. The van der Waals surface area contributed by atoms with E-state index in [2.05, 4.69) is 45.1 Å². The van der Waals surface area contributed by atoms with E-state index in [1.165, 1.54) is 15.8 Å². The zero-order chi connectivity index (χ0) is 18.5. The Bertz CT molecular complexity index is 874. The molecule has 2 atom stereocenters. The van der Waals surface area contributed by atoms with E-state index in [9.17, 15) is 5.11 Å². The van der Waals surface area contributed by atoms with Crippen molar-refractivity contribution in [3.05, 3.63) is 65.7 Å². The Hall–Kier alpha value is -2.48. The van der Waals surface area contributed by atoms with E-state index in [0.717, 1.165) is 24.9 Å². The van der Waals surface area contributed by atoms with Gasteiger partial charge in [0.15, 0.2) is 0 Å². The molecule has 0 amide bonds. The summed E-state index contributed by atoms with van der Waals surface area (Å²) in [7, 11) is 0. The van der Waals surface area contributed by atoms with Crippen LogP contribution in [0.1, 0.15) is 17.5 Å². The fourth-order valence-corrected chi connectivity index (χ4v) is 3.40. The van der Waals surface area contributed by atoms with Gasteiger partial charge in [-0.1, -0.05) is 47.6 Å². The number of fused-ring (bicyclic) bond motifs is 1. The summed E-state index contributed by atoms with van der Waals surface area (Å²) in [5.74, 6) is 0. The first-order valence-corrected chi connectivity index (χ1v) is 9.24. The molecule has 0 aliphatic heterocycles. The van der Waals surface area contributed by atoms with Crippen LogP contribution in [0.15, 0.2) is 54.6 Å². The van der Waals surface area contributed by atoms with Crippen molar-refractivity contribution < 1.29 is 9.84 Å². The van der Waals surface area contributed by atoms with Crippen molar-refractivity contribution in [1.82, 2.24) is 25.5 Å². The summed E-state index contributed by atoms with van der Waals surface area (Å²) in [5, 5.41) is 25.2. The number of hydrogen-bond acceptors (Lipinski definition) is 6. The molecule has 1 aromatic heterocycles. The largest absolute Gasteiger partial charge is 0.459 e. The summed E-state index contributed by atoms with van der Waals surface area (Å²) in [6.45, 7) is 0.600. The molecular formula is C20H24ClN5O2. The van der Waals surface area contributed by atoms with Crippen LogP contribution in [-0.2, 0) is 12.8 Å². The zero-order valence-corrected chi connectivity index (χ0v) is 16.3. The third kappa shape index (κ3) is 4.86. The molecule has 0 saturated carbocycles. The molecule has 1 heterocycles. The van der Waals surface area contributed by atoms with Crippen LogP contribution >= 0.6 is 12.4 Å². The first-order valence-electron chi connectivity index (χ1n) is 9.24. The lowest BCUT2D eigenvalue weighted by Crippen LogP contribution is -2.41. The Balaban J connectivity index is 0.00000225. The molecule has 0 bridgehead atoms. The number of aliphatic hydroxyl groups is 1. The van der Waals surface area contributed by atoms with Crippen LogP contribution in [0.5, 0.6) is 6.01 Å². The minimum atomic E-state index is -0.636. The summed E-state index contributed by atoms with van der Waals surface area (Å²) in [5.41, 5.74) is 3.65. The summed E-state index contributed by atoms with van der Waals surface area (Å²) in [4.78, 5) is 0. The number of benzene rings is 2. The van der Waals surface area contributed by atoms with Gasteiger partial charge in [0.25, 0.3) is 0 Å². The summed E-state index contributed by atoms with van der Waals surface area (Å²) in [6, 6.07) is 18.7. The molecule has 0 fully saturated rings. The zero-order valence-electron chi connectivity index (χ0n) is 15.4. The van der Waals surface area contributed by atoms with E-state index < -0.39 is 6.10 Å². The van der Waals surface area contributed by atoms with E-state index in [4.69, 9.17) is 4.74 Å². The van der Waals surface area contributed by atoms with Gasteiger partial charge in [0.2, 0.25) is 0 Å². The van der Waals surface area contributed by atoms with Gasteiger partial charge < -0.3 is 15.2 Å². The van der Waals surface area contributed by atoms with Crippen LogP contribution in [0.2, 0.25) is 0 Å². The topological polar surface area (TPSA) is 85.1 Å². The standard InChI is InChI=1S/C20H23N5O2.ClH/c26-19(13-21-17-11-10-15-6-4-5-7-16(15)12-17)14-27-20-22-23-24-25(20)18-8-2-1-3-9-18;/h1-9,17,19,21,26H,10-14H2;1H. The van der Waals surface area contributed by atoms with Gasteiger partial charge in [0.1, 0.15) is 12.7 Å². The fraction of sp³-hybridized carbons (Fsp3) is 0.350. The van der Waals surface area contributed by atoms with E-state index in [0.29, 0.717) is 12.6 Å². The number of ether oxygens (including phenoxy) is 1. The molecule has 2 unspecified atom stereocenters. The molecule has 4 rings (SSSR count). The molecule has 0 radical (unpaired) electrons. The summed E-state index contributed by atoms with van der Waals surface area (Å²) in [6.07, 6.45) is 2.52. The Morgan fingerprint density at radius 3 is 2.68 bits per heavy atom. The molecule has 2 aromatic carbocycles. The third-order valence-corrected chi connectivity index (χ3v) is 4.84. The van der Waals surface area contributed by atoms with Gasteiger partial charge in [-0.2, -0.15) is 4.68 Å². The highest BCUT2D eigenvalue weighted by Gasteiger charge is 2.19. The van der Waals surface area contributed by atoms with Crippen molar-refractivity contribution in [3.8, 4) is 11.7 Å². The molecule has 3 aromatic rings. The SMILES string of the molecule is Cl.OC(CNC1CCc2ccccc2C1)COc1nnnn1-c1ccccc1. The van der Waals surface area contributed by atoms with Gasteiger partial charge in [-0.3, -0.25) is 0 Å². The van der Waals surface area contributed by atoms with Crippen LogP contribution in [0.4, 0.5) is 0 Å². The van der Waals surface area contributed by atoms with Crippen LogP contribution in [0.3, 0.4) is 0 Å². The predicted molar refractivity (Wildman–Crippen MR) is 108 cm³/mol. The van der Waals surface area contributed by atoms with E-state index in [1.807, 2.05) is 30.3 Å². The van der Waals surface area contributed by atoms with Crippen LogP contribution < -0.4 is 10.1 Å². The number of halogens is 1. The number of nitrogens with one attached hydrogen (secondary N) is 1. The molecule has 0 saturated heterocycles. The molecule has 28 heavy (non-hydrogen) atoms. The molecule has 1 aliphatic rings. The number of rotatable bonds is 7. The minimum absolute atomic E-state index is 0. The second-order valence-electron chi connectivity index (χ2n) is 6.79. The smallest absolute Gasteiger partial charge is 0.340 e. The molecule has 7 nitrogen and oxygen atoms in total. The molecule has 148 valence electrons. The van der Waals surface area contributed by atoms with Crippen LogP contribution in [0, 0.1) is 0 Å². The minimum Gasteiger partial charge on any atom is -0.459 e. The second-order valence-corrected chi connectivity index (χ2v) is 6.79.